The van der Waals surface area contributed by atoms with Crippen LogP contribution in [0.15, 0.2) is 24.3 Å². The summed E-state index contributed by atoms with van der Waals surface area (Å²) in [6.45, 7) is 1.92. The van der Waals surface area contributed by atoms with Crippen molar-refractivity contribution in [3.63, 3.8) is 0 Å². The average molecular weight is 294 g/mol. The third kappa shape index (κ3) is 2.92. The molecule has 1 atom stereocenters. The van der Waals surface area contributed by atoms with Crippen molar-refractivity contribution in [1.82, 2.24) is 0 Å². The quantitative estimate of drug-likeness (QED) is 0.654. The number of rotatable bonds is 4. The minimum atomic E-state index is -0.0436. The molecular weight excluding hydrogens is 276 g/mol. The predicted octanol–water partition coefficient (Wildman–Crippen LogP) is 3.25. The summed E-state index contributed by atoms with van der Waals surface area (Å²) < 4.78 is 0. The van der Waals surface area contributed by atoms with Gasteiger partial charge in [-0.25, -0.2) is 0 Å². The maximum Gasteiger partial charge on any atom is 0.0688 e. The minimum Gasteiger partial charge on any atom is -0.392 e. The lowest BCUT2D eigenvalue weighted by Gasteiger charge is -2.15. The lowest BCUT2D eigenvalue weighted by Crippen LogP contribution is -1.97. The fourth-order valence-corrected chi connectivity index (χ4v) is 2.71. The molecule has 19 heavy (non-hydrogen) atoms. The fraction of sp³-hybridized carbons (Fsp3) is 0.333. The van der Waals surface area contributed by atoms with Gasteiger partial charge in [-0.3, -0.25) is 0 Å². The molecule has 0 bridgehead atoms. The van der Waals surface area contributed by atoms with Crippen LogP contribution in [0.4, 0.5) is 0 Å². The van der Waals surface area contributed by atoms with E-state index in [1.54, 1.807) is 0 Å². The Morgan fingerprint density at radius 1 is 1.05 bits per heavy atom. The van der Waals surface area contributed by atoms with E-state index in [0.29, 0.717) is 5.75 Å². The molecule has 102 valence electrons. The highest BCUT2D eigenvalue weighted by Gasteiger charge is 2.11. The van der Waals surface area contributed by atoms with Crippen molar-refractivity contribution in [1.29, 1.82) is 0 Å². The van der Waals surface area contributed by atoms with E-state index < -0.39 is 0 Å². The molecule has 0 aliphatic rings. The molecule has 0 aromatic heterocycles. The van der Waals surface area contributed by atoms with E-state index in [0.717, 1.165) is 33.0 Å². The number of aliphatic hydroxyl groups is 2. The van der Waals surface area contributed by atoms with Crippen LogP contribution in [0.3, 0.4) is 0 Å². The molecule has 2 rings (SSSR count). The van der Waals surface area contributed by atoms with Gasteiger partial charge in [-0.1, -0.05) is 24.3 Å². The van der Waals surface area contributed by atoms with E-state index in [1.807, 2.05) is 19.1 Å². The van der Waals surface area contributed by atoms with Gasteiger partial charge in [0.1, 0.15) is 0 Å². The monoisotopic (exact) mass is 294 g/mol. The van der Waals surface area contributed by atoms with Gasteiger partial charge in [0, 0.05) is 11.0 Å². The topological polar surface area (TPSA) is 40.5 Å². The van der Waals surface area contributed by atoms with Gasteiger partial charge >= 0.3 is 0 Å². The summed E-state index contributed by atoms with van der Waals surface area (Å²) in [7, 11) is 0. The van der Waals surface area contributed by atoms with Crippen LogP contribution in [-0.2, 0) is 19.0 Å². The summed E-state index contributed by atoms with van der Waals surface area (Å²) in [5.41, 5.74) is 3.81. The molecule has 2 N–H and O–H groups in total. The van der Waals surface area contributed by atoms with Crippen molar-refractivity contribution in [2.45, 2.75) is 31.1 Å². The highest BCUT2D eigenvalue weighted by Crippen LogP contribution is 2.31. The van der Waals surface area contributed by atoms with Crippen molar-refractivity contribution in [2.24, 2.45) is 0 Å². The second kappa shape index (κ2) is 6.18. The van der Waals surface area contributed by atoms with E-state index in [2.05, 4.69) is 37.4 Å². The number of hydrogen-bond acceptors (Lipinski definition) is 4. The van der Waals surface area contributed by atoms with Crippen molar-refractivity contribution in [3.8, 4) is 0 Å². The molecule has 0 fully saturated rings. The average Bonchev–Trinajstić information content (AvgIpc) is 2.44. The zero-order valence-corrected chi connectivity index (χ0v) is 12.6. The van der Waals surface area contributed by atoms with Gasteiger partial charge < -0.3 is 10.2 Å². The summed E-state index contributed by atoms with van der Waals surface area (Å²) in [5.74, 6) is 0.623. The van der Waals surface area contributed by atoms with Crippen molar-refractivity contribution >= 4 is 36.0 Å². The standard InChI is InChI=1S/C15H18O2S2/c1-9(19)11-4-12-2-10(8-18)3-13(6-16)15(12)14(5-11)7-17/h2-5,9,16-19H,6-8H2,1H3/t9-/m0/s1. The first-order valence-corrected chi connectivity index (χ1v) is 7.34. The van der Waals surface area contributed by atoms with Gasteiger partial charge in [-0.15, -0.1) is 0 Å². The van der Waals surface area contributed by atoms with Gasteiger partial charge in [0.15, 0.2) is 0 Å². The molecule has 0 saturated carbocycles. The second-order valence-corrected chi connectivity index (χ2v) is 5.77. The van der Waals surface area contributed by atoms with E-state index >= 15 is 0 Å². The van der Waals surface area contributed by atoms with Crippen molar-refractivity contribution in [2.75, 3.05) is 0 Å². The molecule has 2 aromatic carbocycles. The van der Waals surface area contributed by atoms with Crippen LogP contribution in [0.5, 0.6) is 0 Å². The van der Waals surface area contributed by atoms with E-state index in [9.17, 15) is 10.2 Å². The van der Waals surface area contributed by atoms with Crippen LogP contribution in [0.1, 0.15) is 34.4 Å². The number of thiol groups is 2. The first-order valence-electron chi connectivity index (χ1n) is 6.19. The number of hydrogen-bond donors (Lipinski definition) is 4. The van der Waals surface area contributed by atoms with Gasteiger partial charge in [0.25, 0.3) is 0 Å². The summed E-state index contributed by atoms with van der Waals surface area (Å²) in [5, 5.41) is 21.2. The Hall–Kier alpha value is -0.680. The van der Waals surface area contributed by atoms with Crippen LogP contribution < -0.4 is 0 Å². The first-order chi connectivity index (χ1) is 9.10. The Morgan fingerprint density at radius 3 is 2.21 bits per heavy atom. The molecule has 2 aromatic rings. The summed E-state index contributed by atoms with van der Waals surface area (Å²) in [4.78, 5) is 0. The Labute approximate surface area is 124 Å². The largest absolute Gasteiger partial charge is 0.392 e. The molecule has 4 heteroatoms. The Balaban J connectivity index is 2.80. The fourth-order valence-electron chi connectivity index (χ4n) is 2.38. The molecule has 0 saturated heterocycles. The smallest absolute Gasteiger partial charge is 0.0688 e. The SMILES string of the molecule is C[C@H](S)c1cc(CO)c2c(CO)cc(CS)cc2c1. The van der Waals surface area contributed by atoms with Crippen molar-refractivity contribution < 1.29 is 10.2 Å². The van der Waals surface area contributed by atoms with Gasteiger partial charge in [-0.05, 0) is 39.9 Å². The number of fused-ring (bicyclic) bond motifs is 1. The lowest BCUT2D eigenvalue weighted by molar-refractivity contribution is 0.278. The molecule has 0 heterocycles. The minimum absolute atomic E-state index is 0.0408. The molecule has 0 spiro atoms. The Kier molecular flexibility index (Phi) is 4.79. The van der Waals surface area contributed by atoms with Gasteiger partial charge in [0.05, 0.1) is 13.2 Å². The summed E-state index contributed by atoms with van der Waals surface area (Å²) in [6.07, 6.45) is 0. The molecule has 0 amide bonds. The summed E-state index contributed by atoms with van der Waals surface area (Å²) in [6, 6.07) is 8.02. The third-order valence-electron chi connectivity index (χ3n) is 3.30. The Morgan fingerprint density at radius 2 is 1.68 bits per heavy atom. The van der Waals surface area contributed by atoms with Crippen LogP contribution in [0, 0.1) is 0 Å². The molecule has 0 radical (unpaired) electrons. The normalized spacial score (nSPS) is 12.9. The highest BCUT2D eigenvalue weighted by atomic mass is 32.1. The zero-order chi connectivity index (χ0) is 14.0. The number of aliphatic hydroxyl groups excluding tert-OH is 2. The van der Waals surface area contributed by atoms with Crippen LogP contribution in [-0.4, -0.2) is 10.2 Å². The third-order valence-corrected chi connectivity index (χ3v) is 3.96. The van der Waals surface area contributed by atoms with Crippen molar-refractivity contribution in [3.05, 3.63) is 46.5 Å². The zero-order valence-electron chi connectivity index (χ0n) is 10.8. The second-order valence-electron chi connectivity index (χ2n) is 4.68. The molecule has 0 unspecified atom stereocenters. The van der Waals surface area contributed by atoms with Crippen LogP contribution >= 0.6 is 25.3 Å². The number of benzene rings is 2. The predicted molar refractivity (Wildman–Crippen MR) is 85.9 cm³/mol. The van der Waals surface area contributed by atoms with Gasteiger partial charge in [0.2, 0.25) is 0 Å². The van der Waals surface area contributed by atoms with E-state index in [1.165, 1.54) is 0 Å². The van der Waals surface area contributed by atoms with Crippen LogP contribution in [0.25, 0.3) is 10.8 Å². The Bertz CT molecular complexity index is 594. The van der Waals surface area contributed by atoms with E-state index in [4.69, 9.17) is 0 Å². The first kappa shape index (κ1) is 14.7. The van der Waals surface area contributed by atoms with E-state index in [-0.39, 0.29) is 18.5 Å². The maximum absolute atomic E-state index is 9.57. The molecule has 2 nitrogen and oxygen atoms in total. The van der Waals surface area contributed by atoms with Gasteiger partial charge in [-0.2, -0.15) is 25.3 Å². The maximum atomic E-state index is 9.57. The summed E-state index contributed by atoms with van der Waals surface area (Å²) >= 11 is 8.74. The molecular formula is C15H18O2S2. The highest BCUT2D eigenvalue weighted by molar-refractivity contribution is 7.80. The lowest BCUT2D eigenvalue weighted by atomic mass is 9.94. The molecule has 0 aliphatic carbocycles. The molecule has 0 aliphatic heterocycles. The van der Waals surface area contributed by atoms with Crippen LogP contribution in [0.2, 0.25) is 0 Å².